The molecule has 1 saturated heterocycles. The largest absolute Gasteiger partial charge is 0.508 e. The summed E-state index contributed by atoms with van der Waals surface area (Å²) in [7, 11) is 1.50. The van der Waals surface area contributed by atoms with Crippen molar-refractivity contribution in [3.63, 3.8) is 0 Å². The van der Waals surface area contributed by atoms with E-state index < -0.39 is 0 Å². The van der Waals surface area contributed by atoms with Gasteiger partial charge in [0.05, 0.1) is 23.4 Å². The summed E-state index contributed by atoms with van der Waals surface area (Å²) in [6.07, 6.45) is 5.51. The van der Waals surface area contributed by atoms with E-state index in [-0.39, 0.29) is 17.4 Å². The van der Waals surface area contributed by atoms with Gasteiger partial charge in [0.15, 0.2) is 5.78 Å². The molecule has 184 valence electrons. The highest BCUT2D eigenvalue weighted by Crippen LogP contribution is 2.29. The first-order valence-electron chi connectivity index (χ1n) is 11.8. The molecule has 7 nitrogen and oxygen atoms in total. The lowest BCUT2D eigenvalue weighted by Crippen LogP contribution is -2.39. The van der Waals surface area contributed by atoms with Crippen molar-refractivity contribution in [1.82, 2.24) is 10.2 Å². The number of hydrogen-bond donors (Lipinski definition) is 3. The highest BCUT2D eigenvalue weighted by Gasteiger charge is 2.21. The number of nitrogen functional groups attached to an aromatic ring is 1. The summed E-state index contributed by atoms with van der Waals surface area (Å²) in [5.41, 5.74) is 7.14. The number of amides is 1. The molecule has 0 unspecified atom stereocenters. The lowest BCUT2D eigenvalue weighted by atomic mass is 9.96. The van der Waals surface area contributed by atoms with E-state index in [1.54, 1.807) is 30.3 Å². The van der Waals surface area contributed by atoms with Crippen LogP contribution in [0.15, 0.2) is 36.4 Å². The van der Waals surface area contributed by atoms with E-state index in [1.165, 1.54) is 13.2 Å². The maximum Gasteiger partial charge on any atom is 0.255 e. The highest BCUT2D eigenvalue weighted by molar-refractivity contribution is 6.33. The van der Waals surface area contributed by atoms with Gasteiger partial charge in [-0.25, -0.2) is 0 Å². The number of methoxy groups -OCH3 is 1. The number of phenolic OH excluding ortho intramolecular Hbond substituents is 1. The molecule has 0 bridgehead atoms. The smallest absolute Gasteiger partial charge is 0.255 e. The average Bonchev–Trinajstić information content (AvgIpc) is 2.84. The number of likely N-dealkylation sites (tertiary alicyclic amines) is 1. The van der Waals surface area contributed by atoms with E-state index >= 15 is 0 Å². The summed E-state index contributed by atoms with van der Waals surface area (Å²) in [5, 5.41) is 12.8. The van der Waals surface area contributed by atoms with Gasteiger partial charge in [-0.05, 0) is 69.4 Å². The molecular formula is C26H34ClN3O4. The Labute approximate surface area is 206 Å². The normalized spacial score (nSPS) is 14.6. The van der Waals surface area contributed by atoms with Gasteiger partial charge in [-0.2, -0.15) is 0 Å². The maximum absolute atomic E-state index is 12.6. The second-order valence-corrected chi connectivity index (χ2v) is 9.26. The van der Waals surface area contributed by atoms with Crippen LogP contribution in [0.3, 0.4) is 0 Å². The number of nitrogens with one attached hydrogen (secondary N) is 1. The van der Waals surface area contributed by atoms with Crippen LogP contribution in [0.5, 0.6) is 11.5 Å². The Bertz CT molecular complexity index is 990. The molecule has 3 rings (SSSR count). The van der Waals surface area contributed by atoms with Crippen LogP contribution in [0.1, 0.15) is 59.2 Å². The number of phenols is 1. The number of rotatable bonds is 11. The molecule has 2 aromatic carbocycles. The third-order valence-corrected chi connectivity index (χ3v) is 6.70. The zero-order chi connectivity index (χ0) is 24.5. The lowest BCUT2D eigenvalue weighted by Gasteiger charge is -2.32. The van der Waals surface area contributed by atoms with Crippen molar-refractivity contribution < 1.29 is 19.4 Å². The van der Waals surface area contributed by atoms with E-state index in [9.17, 15) is 14.7 Å². The Morgan fingerprint density at radius 3 is 2.65 bits per heavy atom. The van der Waals surface area contributed by atoms with Gasteiger partial charge in [0.2, 0.25) is 0 Å². The number of anilines is 1. The molecule has 4 N–H and O–H groups in total. The molecule has 1 aliphatic heterocycles. The lowest BCUT2D eigenvalue weighted by molar-refractivity contribution is 0.0932. The van der Waals surface area contributed by atoms with Gasteiger partial charge in [-0.15, -0.1) is 0 Å². The fraction of sp³-hybridized carbons (Fsp3) is 0.462. The van der Waals surface area contributed by atoms with Crippen molar-refractivity contribution in [2.45, 2.75) is 38.5 Å². The molecule has 0 spiro atoms. The molecule has 34 heavy (non-hydrogen) atoms. The predicted molar refractivity (Wildman–Crippen MR) is 135 cm³/mol. The van der Waals surface area contributed by atoms with Gasteiger partial charge in [-0.1, -0.05) is 30.2 Å². The van der Waals surface area contributed by atoms with Gasteiger partial charge >= 0.3 is 0 Å². The standard InChI is InChI=1S/C26H34ClN3O4/c1-34-25-16-23(28)22(27)15-21(25)26(33)29-17-18-9-12-30(13-10-18)11-4-2-3-8-24(32)19-6-5-7-20(31)14-19/h5-7,14-16,18,31H,2-4,8-13,17,28H2,1H3,(H,29,33). The molecule has 8 heteroatoms. The zero-order valence-corrected chi connectivity index (χ0v) is 20.4. The first-order valence-corrected chi connectivity index (χ1v) is 12.2. The maximum atomic E-state index is 12.6. The Kier molecular flexibility index (Phi) is 9.60. The Balaban J connectivity index is 1.31. The number of halogens is 1. The second-order valence-electron chi connectivity index (χ2n) is 8.85. The number of benzene rings is 2. The first kappa shape index (κ1) is 25.8. The summed E-state index contributed by atoms with van der Waals surface area (Å²) < 4.78 is 5.27. The van der Waals surface area contributed by atoms with Crippen molar-refractivity contribution >= 4 is 29.0 Å². The minimum atomic E-state index is -0.207. The summed E-state index contributed by atoms with van der Waals surface area (Å²) >= 11 is 6.07. The quantitative estimate of drug-likeness (QED) is 0.244. The minimum absolute atomic E-state index is 0.0811. The van der Waals surface area contributed by atoms with Crippen molar-refractivity contribution in [1.29, 1.82) is 0 Å². The number of hydrogen-bond acceptors (Lipinski definition) is 6. The van der Waals surface area contributed by atoms with Crippen LogP contribution in [0.2, 0.25) is 5.02 Å². The SMILES string of the molecule is COc1cc(N)c(Cl)cc1C(=O)NCC1CCN(CCCCCC(=O)c2cccc(O)c2)CC1. The molecule has 1 heterocycles. The summed E-state index contributed by atoms with van der Waals surface area (Å²) in [5.74, 6) is 0.857. The van der Waals surface area contributed by atoms with Gasteiger partial charge in [-0.3, -0.25) is 9.59 Å². The topological polar surface area (TPSA) is 105 Å². The number of ketones is 1. The highest BCUT2D eigenvalue weighted by atomic mass is 35.5. The molecule has 1 aliphatic rings. The first-order chi connectivity index (χ1) is 16.4. The molecule has 1 amide bonds. The van der Waals surface area contributed by atoms with Gasteiger partial charge in [0, 0.05) is 24.6 Å². The molecule has 1 fully saturated rings. The number of piperidine rings is 1. The van der Waals surface area contributed by atoms with Crippen molar-refractivity contribution in [3.05, 3.63) is 52.5 Å². The van der Waals surface area contributed by atoms with E-state index in [2.05, 4.69) is 10.2 Å². The van der Waals surface area contributed by atoms with Gasteiger partial charge in [0.25, 0.3) is 5.91 Å². The van der Waals surface area contributed by atoms with E-state index in [1.807, 2.05) is 0 Å². The minimum Gasteiger partial charge on any atom is -0.508 e. The Morgan fingerprint density at radius 1 is 1.18 bits per heavy atom. The molecule has 0 aliphatic carbocycles. The van der Waals surface area contributed by atoms with Gasteiger partial charge < -0.3 is 25.8 Å². The van der Waals surface area contributed by atoms with Crippen molar-refractivity contribution in [3.8, 4) is 11.5 Å². The number of unbranched alkanes of at least 4 members (excludes halogenated alkanes) is 2. The van der Waals surface area contributed by atoms with Crippen molar-refractivity contribution in [2.24, 2.45) is 5.92 Å². The number of carbonyl (C=O) groups excluding carboxylic acids is 2. The fourth-order valence-electron chi connectivity index (χ4n) is 4.28. The number of Topliss-reactive ketones (excluding diaryl/α,β-unsaturated/α-hetero) is 1. The molecule has 0 radical (unpaired) electrons. The van der Waals surface area contributed by atoms with Gasteiger partial charge in [0.1, 0.15) is 11.5 Å². The van der Waals surface area contributed by atoms with E-state index in [4.69, 9.17) is 22.1 Å². The van der Waals surface area contributed by atoms with Crippen LogP contribution in [0.25, 0.3) is 0 Å². The third-order valence-electron chi connectivity index (χ3n) is 6.37. The van der Waals surface area contributed by atoms with Crippen LogP contribution >= 0.6 is 11.6 Å². The molecular weight excluding hydrogens is 454 g/mol. The summed E-state index contributed by atoms with van der Waals surface area (Å²) in [4.78, 5) is 27.3. The second kappa shape index (κ2) is 12.6. The van der Waals surface area contributed by atoms with Crippen LogP contribution < -0.4 is 15.8 Å². The van der Waals surface area contributed by atoms with Crippen LogP contribution in [-0.2, 0) is 0 Å². The Hall–Kier alpha value is -2.77. The molecule has 0 aromatic heterocycles. The molecule has 2 aromatic rings. The number of nitrogens with zero attached hydrogens (tertiary/aromatic N) is 1. The molecule has 0 saturated carbocycles. The summed E-state index contributed by atoms with van der Waals surface area (Å²) in [6.45, 7) is 3.68. The number of ether oxygens (including phenoxy) is 1. The molecule has 0 atom stereocenters. The third kappa shape index (κ3) is 7.37. The number of aromatic hydroxyl groups is 1. The number of carbonyl (C=O) groups is 2. The van der Waals surface area contributed by atoms with Crippen LogP contribution in [0, 0.1) is 5.92 Å². The van der Waals surface area contributed by atoms with Crippen LogP contribution in [0.4, 0.5) is 5.69 Å². The average molecular weight is 488 g/mol. The monoisotopic (exact) mass is 487 g/mol. The predicted octanol–water partition coefficient (Wildman–Crippen LogP) is 4.52. The zero-order valence-electron chi connectivity index (χ0n) is 19.7. The summed E-state index contributed by atoms with van der Waals surface area (Å²) in [6, 6.07) is 9.65. The van der Waals surface area contributed by atoms with Crippen molar-refractivity contribution in [2.75, 3.05) is 39.0 Å². The van der Waals surface area contributed by atoms with E-state index in [0.717, 1.165) is 51.7 Å². The van der Waals surface area contributed by atoms with Crippen LogP contribution in [-0.4, -0.2) is 55.0 Å². The Morgan fingerprint density at radius 2 is 1.94 bits per heavy atom. The number of nitrogens with two attached hydrogens (primary N) is 1. The van der Waals surface area contributed by atoms with E-state index in [0.29, 0.717) is 46.5 Å². The fourth-order valence-corrected chi connectivity index (χ4v) is 4.45.